The number of hydrogen-bond donors (Lipinski definition) is 2. The van der Waals surface area contributed by atoms with Crippen LogP contribution in [0.15, 0.2) is 0 Å². The lowest BCUT2D eigenvalue weighted by molar-refractivity contribution is -0.138. The molecule has 18 heavy (non-hydrogen) atoms. The molecule has 2 heterocycles. The van der Waals surface area contributed by atoms with Crippen LogP contribution in [0.2, 0.25) is 0 Å². The van der Waals surface area contributed by atoms with Crippen LogP contribution in [0.25, 0.3) is 0 Å². The summed E-state index contributed by atoms with van der Waals surface area (Å²) in [5.74, 6) is -0.509. The Bertz CT molecular complexity index is 334. The summed E-state index contributed by atoms with van der Waals surface area (Å²) in [5.41, 5.74) is 0. The molecule has 6 nitrogen and oxygen atoms in total. The van der Waals surface area contributed by atoms with Gasteiger partial charge in [-0.3, -0.25) is 4.79 Å². The first kappa shape index (κ1) is 13.1. The Balaban J connectivity index is 1.82. The lowest BCUT2D eigenvalue weighted by Gasteiger charge is -2.24. The molecule has 102 valence electrons. The second-order valence-electron chi connectivity index (χ2n) is 5.26. The fourth-order valence-corrected chi connectivity index (χ4v) is 2.78. The SMILES string of the molecule is O=C(O)CC1CCN(C(=O)N2CCC(CO)C2)C1. The van der Waals surface area contributed by atoms with E-state index in [1.54, 1.807) is 9.80 Å². The van der Waals surface area contributed by atoms with E-state index in [0.717, 1.165) is 12.8 Å². The zero-order chi connectivity index (χ0) is 13.1. The van der Waals surface area contributed by atoms with Crippen molar-refractivity contribution in [2.24, 2.45) is 11.8 Å². The zero-order valence-corrected chi connectivity index (χ0v) is 10.4. The minimum atomic E-state index is -0.796. The van der Waals surface area contributed by atoms with Crippen LogP contribution in [0, 0.1) is 11.8 Å². The van der Waals surface area contributed by atoms with Crippen molar-refractivity contribution >= 4 is 12.0 Å². The molecular formula is C12H20N2O4. The number of urea groups is 1. The van der Waals surface area contributed by atoms with Gasteiger partial charge in [-0.2, -0.15) is 0 Å². The highest BCUT2D eigenvalue weighted by Crippen LogP contribution is 2.23. The van der Waals surface area contributed by atoms with Crippen LogP contribution in [-0.4, -0.2) is 64.8 Å². The van der Waals surface area contributed by atoms with E-state index < -0.39 is 5.97 Å². The van der Waals surface area contributed by atoms with E-state index in [9.17, 15) is 9.59 Å². The molecule has 2 amide bonds. The first-order chi connectivity index (χ1) is 8.60. The van der Waals surface area contributed by atoms with Gasteiger partial charge in [0.2, 0.25) is 0 Å². The second-order valence-corrected chi connectivity index (χ2v) is 5.26. The summed E-state index contributed by atoms with van der Waals surface area (Å²) in [4.78, 5) is 26.3. The van der Waals surface area contributed by atoms with Crippen LogP contribution in [-0.2, 0) is 4.79 Å². The average Bonchev–Trinajstić information content (AvgIpc) is 2.95. The summed E-state index contributed by atoms with van der Waals surface area (Å²) in [6.07, 6.45) is 1.77. The van der Waals surface area contributed by atoms with Gasteiger partial charge in [0.25, 0.3) is 0 Å². The third kappa shape index (κ3) is 2.93. The highest BCUT2D eigenvalue weighted by molar-refractivity contribution is 5.75. The molecule has 0 saturated carbocycles. The summed E-state index contributed by atoms with van der Waals surface area (Å²) in [6.45, 7) is 2.65. The quantitative estimate of drug-likeness (QED) is 0.756. The van der Waals surface area contributed by atoms with Crippen LogP contribution < -0.4 is 0 Å². The minimum absolute atomic E-state index is 0.00108. The number of likely N-dealkylation sites (tertiary alicyclic amines) is 2. The number of nitrogens with zero attached hydrogens (tertiary/aromatic N) is 2. The van der Waals surface area contributed by atoms with E-state index in [1.165, 1.54) is 0 Å². The Labute approximate surface area is 106 Å². The molecule has 0 radical (unpaired) electrons. The number of amides is 2. The third-order valence-corrected chi connectivity index (χ3v) is 3.83. The number of aliphatic carboxylic acids is 1. The number of hydrogen-bond acceptors (Lipinski definition) is 3. The molecule has 0 aromatic carbocycles. The smallest absolute Gasteiger partial charge is 0.320 e. The van der Waals surface area contributed by atoms with Gasteiger partial charge in [0.05, 0.1) is 0 Å². The third-order valence-electron chi connectivity index (χ3n) is 3.83. The Hall–Kier alpha value is -1.30. The average molecular weight is 256 g/mol. The van der Waals surface area contributed by atoms with Gasteiger partial charge in [0, 0.05) is 45.1 Å². The van der Waals surface area contributed by atoms with E-state index in [4.69, 9.17) is 10.2 Å². The topological polar surface area (TPSA) is 81.1 Å². The van der Waals surface area contributed by atoms with Crippen LogP contribution >= 0.6 is 0 Å². The molecule has 0 spiro atoms. The number of aliphatic hydroxyl groups excluding tert-OH is 1. The van der Waals surface area contributed by atoms with Gasteiger partial charge in [-0.05, 0) is 18.8 Å². The maximum atomic E-state index is 12.2. The molecule has 2 unspecified atom stereocenters. The molecular weight excluding hydrogens is 236 g/mol. The number of carboxylic acids is 1. The van der Waals surface area contributed by atoms with Crippen molar-refractivity contribution in [2.45, 2.75) is 19.3 Å². The standard InChI is InChI=1S/C12H20N2O4/c15-8-10-2-4-14(7-10)12(18)13-3-1-9(6-13)5-11(16)17/h9-10,15H,1-8H2,(H,16,17). The van der Waals surface area contributed by atoms with Crippen LogP contribution in [0.1, 0.15) is 19.3 Å². The van der Waals surface area contributed by atoms with Crippen LogP contribution in [0.4, 0.5) is 4.79 Å². The molecule has 2 N–H and O–H groups in total. The van der Waals surface area contributed by atoms with E-state index in [1.807, 2.05) is 0 Å². The Kier molecular flexibility index (Phi) is 4.06. The molecule has 0 aromatic heterocycles. The number of aliphatic hydroxyl groups is 1. The lowest BCUT2D eigenvalue weighted by atomic mass is 10.1. The largest absolute Gasteiger partial charge is 0.481 e. The molecule has 0 aliphatic carbocycles. The van der Waals surface area contributed by atoms with E-state index in [0.29, 0.717) is 26.2 Å². The molecule has 0 aromatic rings. The second kappa shape index (κ2) is 5.56. The Morgan fingerprint density at radius 1 is 1.06 bits per heavy atom. The zero-order valence-electron chi connectivity index (χ0n) is 10.4. The molecule has 2 fully saturated rings. The molecule has 6 heteroatoms. The van der Waals surface area contributed by atoms with Crippen molar-refractivity contribution in [3.05, 3.63) is 0 Å². The maximum absolute atomic E-state index is 12.2. The van der Waals surface area contributed by atoms with Crippen LogP contribution in [0.3, 0.4) is 0 Å². The van der Waals surface area contributed by atoms with Crippen molar-refractivity contribution in [3.63, 3.8) is 0 Å². The molecule has 2 aliphatic rings. The van der Waals surface area contributed by atoms with Gasteiger partial charge in [-0.1, -0.05) is 0 Å². The fourth-order valence-electron chi connectivity index (χ4n) is 2.78. The van der Waals surface area contributed by atoms with Gasteiger partial charge in [-0.25, -0.2) is 4.79 Å². The summed E-state index contributed by atoms with van der Waals surface area (Å²) >= 11 is 0. The summed E-state index contributed by atoms with van der Waals surface area (Å²) in [5, 5.41) is 17.8. The highest BCUT2D eigenvalue weighted by Gasteiger charge is 2.33. The van der Waals surface area contributed by atoms with Gasteiger partial charge in [0.15, 0.2) is 0 Å². The first-order valence-corrected chi connectivity index (χ1v) is 6.46. The molecule has 0 bridgehead atoms. The van der Waals surface area contributed by atoms with Crippen molar-refractivity contribution in [3.8, 4) is 0 Å². The normalized spacial score (nSPS) is 27.8. The molecule has 2 rings (SSSR count). The molecule has 2 saturated heterocycles. The summed E-state index contributed by atoms with van der Waals surface area (Å²) in [6, 6.07) is -0.00108. The number of carbonyl (C=O) groups excluding carboxylic acids is 1. The maximum Gasteiger partial charge on any atom is 0.320 e. The number of carboxylic acid groups (broad SMARTS) is 1. The predicted molar refractivity (Wildman–Crippen MR) is 64.1 cm³/mol. The van der Waals surface area contributed by atoms with Crippen molar-refractivity contribution in [2.75, 3.05) is 32.8 Å². The fraction of sp³-hybridized carbons (Fsp3) is 0.833. The summed E-state index contributed by atoms with van der Waals surface area (Å²) < 4.78 is 0. The van der Waals surface area contributed by atoms with Gasteiger partial charge in [-0.15, -0.1) is 0 Å². The van der Waals surface area contributed by atoms with E-state index >= 15 is 0 Å². The number of rotatable bonds is 3. The minimum Gasteiger partial charge on any atom is -0.481 e. The monoisotopic (exact) mass is 256 g/mol. The first-order valence-electron chi connectivity index (χ1n) is 6.46. The highest BCUT2D eigenvalue weighted by atomic mass is 16.4. The summed E-state index contributed by atoms with van der Waals surface area (Å²) in [7, 11) is 0. The van der Waals surface area contributed by atoms with Crippen molar-refractivity contribution < 1.29 is 19.8 Å². The van der Waals surface area contributed by atoms with E-state index in [2.05, 4.69) is 0 Å². The van der Waals surface area contributed by atoms with Crippen LogP contribution in [0.5, 0.6) is 0 Å². The van der Waals surface area contributed by atoms with Crippen molar-refractivity contribution in [1.82, 2.24) is 9.80 Å². The lowest BCUT2D eigenvalue weighted by Crippen LogP contribution is -2.41. The molecule has 2 atom stereocenters. The molecule has 2 aliphatic heterocycles. The van der Waals surface area contributed by atoms with Gasteiger partial charge in [0.1, 0.15) is 0 Å². The van der Waals surface area contributed by atoms with Gasteiger partial charge >= 0.3 is 12.0 Å². The Morgan fingerprint density at radius 2 is 1.61 bits per heavy atom. The van der Waals surface area contributed by atoms with Crippen molar-refractivity contribution in [1.29, 1.82) is 0 Å². The van der Waals surface area contributed by atoms with E-state index in [-0.39, 0.29) is 30.9 Å². The predicted octanol–water partition coefficient (Wildman–Crippen LogP) is 0.217. The number of carbonyl (C=O) groups is 2. The van der Waals surface area contributed by atoms with Gasteiger partial charge < -0.3 is 20.0 Å². The Morgan fingerprint density at radius 3 is 2.11 bits per heavy atom.